The van der Waals surface area contributed by atoms with Gasteiger partial charge in [0, 0.05) is 30.2 Å². The van der Waals surface area contributed by atoms with Gasteiger partial charge in [0.2, 0.25) is 5.91 Å². The maximum absolute atomic E-state index is 13.3. The van der Waals surface area contributed by atoms with Crippen LogP contribution in [0.3, 0.4) is 0 Å². The molecule has 4 aromatic rings. The van der Waals surface area contributed by atoms with Crippen LogP contribution in [0.2, 0.25) is 0 Å². The molecule has 1 aliphatic heterocycles. The van der Waals surface area contributed by atoms with E-state index in [1.54, 1.807) is 12.4 Å². The third kappa shape index (κ3) is 2.85. The SMILES string of the molecule is O=C(Cn1c(-c2ccncc2)nc2ccccc21)N1CCCc2ccccc21. The highest BCUT2D eigenvalue weighted by molar-refractivity contribution is 5.96. The molecule has 2 aromatic heterocycles. The van der Waals surface area contributed by atoms with E-state index in [0.717, 1.165) is 47.5 Å². The fourth-order valence-electron chi connectivity index (χ4n) is 3.97. The number of para-hydroxylation sites is 3. The summed E-state index contributed by atoms with van der Waals surface area (Å²) in [6.07, 6.45) is 5.52. The summed E-state index contributed by atoms with van der Waals surface area (Å²) in [4.78, 5) is 24.1. The number of benzene rings is 2. The van der Waals surface area contributed by atoms with Crippen LogP contribution in [-0.2, 0) is 17.8 Å². The molecular weight excluding hydrogens is 348 g/mol. The van der Waals surface area contributed by atoms with Crippen LogP contribution in [0.5, 0.6) is 0 Å². The maximum atomic E-state index is 13.3. The Labute approximate surface area is 163 Å². The molecule has 0 aliphatic carbocycles. The minimum atomic E-state index is 0.0885. The molecule has 0 bridgehead atoms. The van der Waals surface area contributed by atoms with Crippen molar-refractivity contribution in [2.24, 2.45) is 0 Å². The summed E-state index contributed by atoms with van der Waals surface area (Å²) in [5.41, 5.74) is 5.09. The molecule has 138 valence electrons. The monoisotopic (exact) mass is 368 g/mol. The van der Waals surface area contributed by atoms with Crippen LogP contribution in [0.4, 0.5) is 5.69 Å². The predicted octanol–water partition coefficient (Wildman–Crippen LogP) is 4.08. The van der Waals surface area contributed by atoms with Gasteiger partial charge < -0.3 is 9.47 Å². The van der Waals surface area contributed by atoms with Gasteiger partial charge in [-0.15, -0.1) is 0 Å². The van der Waals surface area contributed by atoms with Crippen LogP contribution in [0.25, 0.3) is 22.4 Å². The van der Waals surface area contributed by atoms with Crippen LogP contribution in [-0.4, -0.2) is 27.0 Å². The summed E-state index contributed by atoms with van der Waals surface area (Å²) in [5.74, 6) is 0.882. The number of amides is 1. The zero-order valence-electron chi connectivity index (χ0n) is 15.5. The van der Waals surface area contributed by atoms with Crippen molar-refractivity contribution in [3.8, 4) is 11.4 Å². The van der Waals surface area contributed by atoms with Gasteiger partial charge in [-0.2, -0.15) is 0 Å². The van der Waals surface area contributed by atoms with Gasteiger partial charge in [-0.05, 0) is 48.7 Å². The largest absolute Gasteiger partial charge is 0.314 e. The van der Waals surface area contributed by atoms with Crippen molar-refractivity contribution >= 4 is 22.6 Å². The Hall–Kier alpha value is -3.47. The number of aromatic nitrogens is 3. The highest BCUT2D eigenvalue weighted by Crippen LogP contribution is 2.29. The van der Waals surface area contributed by atoms with Crippen LogP contribution >= 0.6 is 0 Å². The lowest BCUT2D eigenvalue weighted by Crippen LogP contribution is -2.37. The highest BCUT2D eigenvalue weighted by atomic mass is 16.2. The van der Waals surface area contributed by atoms with Gasteiger partial charge in [-0.25, -0.2) is 4.98 Å². The number of rotatable bonds is 3. The fourth-order valence-corrected chi connectivity index (χ4v) is 3.97. The number of fused-ring (bicyclic) bond motifs is 2. The van der Waals surface area contributed by atoms with Crippen molar-refractivity contribution in [3.05, 3.63) is 78.6 Å². The highest BCUT2D eigenvalue weighted by Gasteiger charge is 2.24. The summed E-state index contributed by atoms with van der Waals surface area (Å²) in [6, 6.07) is 20.0. The lowest BCUT2D eigenvalue weighted by Gasteiger charge is -2.29. The molecular formula is C23H20N4O. The fraction of sp³-hybridized carbons (Fsp3) is 0.174. The quantitative estimate of drug-likeness (QED) is 0.548. The standard InChI is InChI=1S/C23H20N4O/c28-22(26-15-5-7-17-6-1-3-9-20(17)26)16-27-21-10-4-2-8-19(21)25-23(27)18-11-13-24-14-12-18/h1-4,6,8-14H,5,7,15-16H2. The number of pyridine rings is 1. The molecule has 2 aromatic carbocycles. The van der Waals surface area contributed by atoms with Gasteiger partial charge in [0.05, 0.1) is 11.0 Å². The molecule has 0 radical (unpaired) electrons. The Balaban J connectivity index is 1.56. The number of hydrogen-bond donors (Lipinski definition) is 0. The Kier molecular flexibility index (Phi) is 4.13. The first-order valence-electron chi connectivity index (χ1n) is 9.55. The molecule has 0 unspecified atom stereocenters. The molecule has 0 saturated carbocycles. The number of carbonyl (C=O) groups excluding carboxylic acids is 1. The van der Waals surface area contributed by atoms with Crippen molar-refractivity contribution in [1.29, 1.82) is 0 Å². The Bertz CT molecular complexity index is 1150. The number of imidazole rings is 1. The molecule has 0 fully saturated rings. The number of carbonyl (C=O) groups is 1. The number of hydrogen-bond acceptors (Lipinski definition) is 3. The van der Waals surface area contributed by atoms with Crippen LogP contribution in [0.15, 0.2) is 73.1 Å². The second-order valence-corrected chi connectivity index (χ2v) is 7.02. The molecule has 0 spiro atoms. The molecule has 5 heteroatoms. The molecule has 28 heavy (non-hydrogen) atoms. The van der Waals surface area contributed by atoms with E-state index in [1.807, 2.05) is 64.1 Å². The molecule has 0 atom stereocenters. The van der Waals surface area contributed by atoms with Crippen molar-refractivity contribution in [2.45, 2.75) is 19.4 Å². The average Bonchev–Trinajstić information content (AvgIpc) is 3.12. The van der Waals surface area contributed by atoms with Gasteiger partial charge in [0.25, 0.3) is 0 Å². The second-order valence-electron chi connectivity index (χ2n) is 7.02. The predicted molar refractivity (Wildman–Crippen MR) is 110 cm³/mol. The van der Waals surface area contributed by atoms with Crippen molar-refractivity contribution in [3.63, 3.8) is 0 Å². The van der Waals surface area contributed by atoms with Gasteiger partial charge in [-0.1, -0.05) is 30.3 Å². The maximum Gasteiger partial charge on any atom is 0.247 e. The topological polar surface area (TPSA) is 51.0 Å². The summed E-state index contributed by atoms with van der Waals surface area (Å²) < 4.78 is 2.02. The van der Waals surface area contributed by atoms with E-state index in [2.05, 4.69) is 11.1 Å². The molecule has 3 heterocycles. The first kappa shape index (κ1) is 16.7. The summed E-state index contributed by atoms with van der Waals surface area (Å²) in [5, 5.41) is 0. The van der Waals surface area contributed by atoms with Crippen molar-refractivity contribution < 1.29 is 4.79 Å². The summed E-state index contributed by atoms with van der Waals surface area (Å²) >= 11 is 0. The lowest BCUT2D eigenvalue weighted by molar-refractivity contribution is -0.119. The number of nitrogens with zero attached hydrogens (tertiary/aromatic N) is 4. The minimum absolute atomic E-state index is 0.0885. The van der Waals surface area contributed by atoms with E-state index in [9.17, 15) is 4.79 Å². The summed E-state index contributed by atoms with van der Waals surface area (Å²) in [6.45, 7) is 1.01. The second kappa shape index (κ2) is 6.93. The van der Waals surface area contributed by atoms with Crippen molar-refractivity contribution in [2.75, 3.05) is 11.4 Å². The van der Waals surface area contributed by atoms with E-state index in [4.69, 9.17) is 4.98 Å². The van der Waals surface area contributed by atoms with E-state index >= 15 is 0 Å². The van der Waals surface area contributed by atoms with Gasteiger partial charge in [-0.3, -0.25) is 9.78 Å². The third-order valence-corrected chi connectivity index (χ3v) is 5.30. The smallest absolute Gasteiger partial charge is 0.247 e. The van der Waals surface area contributed by atoms with Crippen LogP contribution in [0.1, 0.15) is 12.0 Å². The first-order chi connectivity index (χ1) is 13.8. The van der Waals surface area contributed by atoms with Gasteiger partial charge >= 0.3 is 0 Å². The number of aryl methyl sites for hydroxylation is 1. The van der Waals surface area contributed by atoms with Crippen LogP contribution < -0.4 is 4.90 Å². The molecule has 1 aliphatic rings. The Morgan fingerprint density at radius 1 is 0.964 bits per heavy atom. The molecule has 1 amide bonds. The zero-order valence-corrected chi connectivity index (χ0v) is 15.5. The van der Waals surface area contributed by atoms with E-state index in [1.165, 1.54) is 5.56 Å². The zero-order chi connectivity index (χ0) is 18.9. The Morgan fingerprint density at radius 2 is 1.75 bits per heavy atom. The number of anilines is 1. The van der Waals surface area contributed by atoms with Gasteiger partial charge in [0.1, 0.15) is 12.4 Å². The minimum Gasteiger partial charge on any atom is -0.314 e. The van der Waals surface area contributed by atoms with Gasteiger partial charge in [0.15, 0.2) is 0 Å². The Morgan fingerprint density at radius 3 is 2.64 bits per heavy atom. The normalized spacial score (nSPS) is 13.5. The lowest BCUT2D eigenvalue weighted by atomic mass is 10.0. The molecule has 5 nitrogen and oxygen atoms in total. The average molecular weight is 368 g/mol. The van der Waals surface area contributed by atoms with E-state index in [0.29, 0.717) is 0 Å². The first-order valence-corrected chi connectivity index (χ1v) is 9.55. The third-order valence-electron chi connectivity index (χ3n) is 5.30. The van der Waals surface area contributed by atoms with E-state index < -0.39 is 0 Å². The summed E-state index contributed by atoms with van der Waals surface area (Å²) in [7, 11) is 0. The molecule has 5 rings (SSSR count). The van der Waals surface area contributed by atoms with Crippen molar-refractivity contribution in [1.82, 2.24) is 14.5 Å². The molecule has 0 saturated heterocycles. The van der Waals surface area contributed by atoms with Crippen LogP contribution in [0, 0.1) is 0 Å². The van der Waals surface area contributed by atoms with E-state index in [-0.39, 0.29) is 12.5 Å². The molecule has 0 N–H and O–H groups in total.